The molecule has 130 valence electrons. The molecule has 25 heavy (non-hydrogen) atoms. The summed E-state index contributed by atoms with van der Waals surface area (Å²) in [7, 11) is -3.65. The van der Waals surface area contributed by atoms with E-state index in [0.29, 0.717) is 5.41 Å². The lowest BCUT2D eigenvalue weighted by Gasteiger charge is -2.39. The molecule has 0 unspecified atom stereocenters. The number of sulfonamides is 1. The zero-order valence-electron chi connectivity index (χ0n) is 13.8. The van der Waals surface area contributed by atoms with Crippen LogP contribution in [0.1, 0.15) is 43.2 Å². The van der Waals surface area contributed by atoms with Crippen molar-refractivity contribution in [1.82, 2.24) is 0 Å². The molecular weight excluding hydrogens is 398 g/mol. The fourth-order valence-electron chi connectivity index (χ4n) is 4.11. The summed E-state index contributed by atoms with van der Waals surface area (Å²) in [6, 6.07) is 15.5. The molecule has 4 rings (SSSR count). The third-order valence-electron chi connectivity index (χ3n) is 5.61. The van der Waals surface area contributed by atoms with Crippen LogP contribution < -0.4 is 5.14 Å². The minimum atomic E-state index is -3.65. The molecule has 2 aromatic carbocycles. The molecule has 0 bridgehead atoms. The third kappa shape index (κ3) is 3.21. The van der Waals surface area contributed by atoms with Gasteiger partial charge in [-0.25, -0.2) is 13.6 Å². The summed E-state index contributed by atoms with van der Waals surface area (Å²) >= 11 is 3.50. The van der Waals surface area contributed by atoms with Crippen molar-refractivity contribution in [3.8, 4) is 0 Å². The topological polar surface area (TPSA) is 60.2 Å². The molecule has 3 nitrogen and oxygen atoms in total. The summed E-state index contributed by atoms with van der Waals surface area (Å²) in [6.07, 6.45) is 6.07. The van der Waals surface area contributed by atoms with Crippen molar-refractivity contribution in [3.63, 3.8) is 0 Å². The van der Waals surface area contributed by atoms with Gasteiger partial charge in [-0.1, -0.05) is 46.6 Å². The molecule has 2 aromatic rings. The van der Waals surface area contributed by atoms with Crippen LogP contribution in [0.4, 0.5) is 0 Å². The quantitative estimate of drug-likeness (QED) is 0.765. The molecule has 1 saturated carbocycles. The molecule has 0 aliphatic heterocycles. The van der Waals surface area contributed by atoms with Crippen LogP contribution in [0, 0.1) is 5.41 Å². The lowest BCUT2D eigenvalue weighted by atomic mass is 9.66. The second-order valence-electron chi connectivity index (χ2n) is 7.24. The highest BCUT2D eigenvalue weighted by Crippen LogP contribution is 2.59. The lowest BCUT2D eigenvalue weighted by Crippen LogP contribution is -2.26. The first-order valence-corrected chi connectivity index (χ1v) is 10.8. The standard InChI is InChI=1S/C20H20BrNO2S/c21-16-6-2-14(3-7-16)18-12-20(10-1-11-20)13-19(18)15-4-8-17(9-5-15)25(22,23)24/h2-9H,1,10-13H2,(H2,22,23,24). The van der Waals surface area contributed by atoms with Crippen LogP contribution >= 0.6 is 15.9 Å². The molecule has 0 radical (unpaired) electrons. The van der Waals surface area contributed by atoms with E-state index in [1.807, 2.05) is 12.1 Å². The van der Waals surface area contributed by atoms with Crippen molar-refractivity contribution >= 4 is 37.1 Å². The van der Waals surface area contributed by atoms with Gasteiger partial charge in [0.25, 0.3) is 0 Å². The molecule has 0 saturated heterocycles. The van der Waals surface area contributed by atoms with Crippen LogP contribution in [0.5, 0.6) is 0 Å². The molecule has 2 aliphatic carbocycles. The third-order valence-corrected chi connectivity index (χ3v) is 7.06. The van der Waals surface area contributed by atoms with Gasteiger partial charge in [-0.05, 0) is 77.6 Å². The van der Waals surface area contributed by atoms with E-state index < -0.39 is 10.0 Å². The molecule has 0 atom stereocenters. The van der Waals surface area contributed by atoms with Gasteiger partial charge >= 0.3 is 0 Å². The van der Waals surface area contributed by atoms with Crippen LogP contribution in [0.3, 0.4) is 0 Å². The average Bonchev–Trinajstić information content (AvgIpc) is 2.96. The first-order valence-electron chi connectivity index (χ1n) is 8.48. The van der Waals surface area contributed by atoms with E-state index in [1.54, 1.807) is 12.1 Å². The maximum atomic E-state index is 11.5. The Morgan fingerprint density at radius 3 is 1.72 bits per heavy atom. The van der Waals surface area contributed by atoms with E-state index in [4.69, 9.17) is 5.14 Å². The summed E-state index contributed by atoms with van der Waals surface area (Å²) in [5.41, 5.74) is 5.53. The zero-order valence-corrected chi connectivity index (χ0v) is 16.2. The van der Waals surface area contributed by atoms with Crippen LogP contribution in [-0.4, -0.2) is 8.42 Å². The van der Waals surface area contributed by atoms with Crippen LogP contribution in [0.15, 0.2) is 57.9 Å². The summed E-state index contributed by atoms with van der Waals surface area (Å²) < 4.78 is 24.1. The molecule has 1 spiro atoms. The van der Waals surface area contributed by atoms with Crippen molar-refractivity contribution in [1.29, 1.82) is 0 Å². The largest absolute Gasteiger partial charge is 0.238 e. The number of primary sulfonamides is 1. The molecule has 2 N–H and O–H groups in total. The van der Waals surface area contributed by atoms with Crippen LogP contribution in [0.25, 0.3) is 11.1 Å². The Bertz CT molecular complexity index is 940. The van der Waals surface area contributed by atoms with Gasteiger partial charge in [-0.15, -0.1) is 0 Å². The average molecular weight is 418 g/mol. The number of rotatable bonds is 3. The molecule has 2 aliphatic rings. The summed E-state index contributed by atoms with van der Waals surface area (Å²) in [4.78, 5) is 0.165. The molecule has 1 fully saturated rings. The molecule has 5 heteroatoms. The monoisotopic (exact) mass is 417 g/mol. The molecule has 0 amide bonds. The van der Waals surface area contributed by atoms with Crippen molar-refractivity contribution in [2.24, 2.45) is 10.6 Å². The molecule has 0 aromatic heterocycles. The minimum Gasteiger partial charge on any atom is -0.225 e. The number of hydrogen-bond acceptors (Lipinski definition) is 2. The van der Waals surface area contributed by atoms with Crippen molar-refractivity contribution < 1.29 is 8.42 Å². The molecular formula is C20H20BrNO2S. The second-order valence-corrected chi connectivity index (χ2v) is 9.72. The highest BCUT2D eigenvalue weighted by atomic mass is 79.9. The first-order chi connectivity index (χ1) is 11.9. The van der Waals surface area contributed by atoms with Gasteiger partial charge in [-0.2, -0.15) is 0 Å². The van der Waals surface area contributed by atoms with Crippen LogP contribution in [-0.2, 0) is 10.0 Å². The number of benzene rings is 2. The smallest absolute Gasteiger partial charge is 0.225 e. The van der Waals surface area contributed by atoms with E-state index in [-0.39, 0.29) is 4.90 Å². The highest BCUT2D eigenvalue weighted by Gasteiger charge is 2.43. The van der Waals surface area contributed by atoms with Gasteiger partial charge < -0.3 is 0 Å². The van der Waals surface area contributed by atoms with E-state index in [9.17, 15) is 8.42 Å². The van der Waals surface area contributed by atoms with E-state index >= 15 is 0 Å². The lowest BCUT2D eigenvalue weighted by molar-refractivity contribution is 0.157. The molecule has 0 heterocycles. The van der Waals surface area contributed by atoms with Crippen molar-refractivity contribution in [3.05, 3.63) is 64.1 Å². The number of nitrogens with two attached hydrogens (primary N) is 1. The first kappa shape index (κ1) is 17.0. The summed E-state index contributed by atoms with van der Waals surface area (Å²) in [5, 5.41) is 5.22. The fraction of sp³-hybridized carbons (Fsp3) is 0.300. The zero-order chi connectivity index (χ0) is 17.7. The number of hydrogen-bond donors (Lipinski definition) is 1. The Morgan fingerprint density at radius 2 is 1.32 bits per heavy atom. The van der Waals surface area contributed by atoms with Crippen molar-refractivity contribution in [2.45, 2.75) is 37.0 Å². The van der Waals surface area contributed by atoms with E-state index in [0.717, 1.165) is 22.9 Å². The van der Waals surface area contributed by atoms with Gasteiger partial charge in [0, 0.05) is 4.47 Å². The number of allylic oxidation sites excluding steroid dienone is 2. The van der Waals surface area contributed by atoms with E-state index in [2.05, 4.69) is 40.2 Å². The van der Waals surface area contributed by atoms with Gasteiger partial charge in [0.2, 0.25) is 10.0 Å². The highest BCUT2D eigenvalue weighted by molar-refractivity contribution is 9.10. The predicted molar refractivity (Wildman–Crippen MR) is 104 cm³/mol. The maximum absolute atomic E-state index is 11.5. The Hall–Kier alpha value is -1.43. The van der Waals surface area contributed by atoms with Crippen molar-refractivity contribution in [2.75, 3.05) is 0 Å². The van der Waals surface area contributed by atoms with Gasteiger partial charge in [-0.3, -0.25) is 0 Å². The van der Waals surface area contributed by atoms with Gasteiger partial charge in [0.1, 0.15) is 0 Å². The SMILES string of the molecule is NS(=O)(=O)c1ccc(C2=C(c3ccc(Br)cc3)CC3(CCC3)C2)cc1. The Kier molecular flexibility index (Phi) is 4.13. The normalized spacial score (nSPS) is 19.3. The van der Waals surface area contributed by atoms with Gasteiger partial charge in [0.15, 0.2) is 0 Å². The van der Waals surface area contributed by atoms with Gasteiger partial charge in [0.05, 0.1) is 4.90 Å². The summed E-state index contributed by atoms with van der Waals surface area (Å²) in [6.45, 7) is 0. The Morgan fingerprint density at radius 1 is 0.840 bits per heavy atom. The second kappa shape index (κ2) is 6.08. The Balaban J connectivity index is 1.77. The predicted octanol–water partition coefficient (Wildman–Crippen LogP) is 4.97. The summed E-state index contributed by atoms with van der Waals surface area (Å²) in [5.74, 6) is 0. The Labute approximate surface area is 157 Å². The van der Waals surface area contributed by atoms with Crippen LogP contribution in [0.2, 0.25) is 0 Å². The van der Waals surface area contributed by atoms with E-state index in [1.165, 1.54) is 36.0 Å². The minimum absolute atomic E-state index is 0.165. The number of halogens is 1. The fourth-order valence-corrected chi connectivity index (χ4v) is 4.89. The maximum Gasteiger partial charge on any atom is 0.238 e.